The van der Waals surface area contributed by atoms with Gasteiger partial charge in [-0.1, -0.05) is 6.08 Å². The van der Waals surface area contributed by atoms with Gasteiger partial charge in [0.25, 0.3) is 0 Å². The summed E-state index contributed by atoms with van der Waals surface area (Å²) in [4.78, 5) is 3.77. The van der Waals surface area contributed by atoms with Crippen molar-refractivity contribution >= 4 is 16.8 Å². The second-order valence-corrected chi connectivity index (χ2v) is 2.62. The van der Waals surface area contributed by atoms with Gasteiger partial charge in [0, 0.05) is 12.6 Å². The Bertz CT molecular complexity index is 155. The molecule has 1 atom stereocenters. The van der Waals surface area contributed by atoms with E-state index in [2.05, 4.69) is 4.99 Å². The van der Waals surface area contributed by atoms with Gasteiger partial charge in [-0.15, -0.1) is 0 Å². The van der Waals surface area contributed by atoms with E-state index in [1.165, 1.54) is 0 Å². The first-order valence-electron chi connectivity index (χ1n) is 2.49. The van der Waals surface area contributed by atoms with Crippen molar-refractivity contribution in [2.75, 3.05) is 0 Å². The Kier molecular flexibility index (Phi) is 2.24. The molecule has 0 aliphatic carbocycles. The van der Waals surface area contributed by atoms with E-state index in [1.54, 1.807) is 6.20 Å². The van der Waals surface area contributed by atoms with E-state index in [1.807, 2.05) is 6.08 Å². The van der Waals surface area contributed by atoms with Gasteiger partial charge in [-0.05, 0) is 11.8 Å². The van der Waals surface area contributed by atoms with Gasteiger partial charge in [-0.25, -0.2) is 4.39 Å². The molecule has 0 aromatic carbocycles. The first kappa shape index (κ1) is 6.77. The normalized spacial score (nSPS) is 20.0. The maximum atomic E-state index is 11.8. The lowest BCUT2D eigenvalue weighted by Gasteiger charge is -1.97. The van der Waals surface area contributed by atoms with E-state index in [9.17, 15) is 4.39 Å². The fourth-order valence-electron chi connectivity index (χ4n) is 0.533. The summed E-state index contributed by atoms with van der Waals surface area (Å²) in [5.41, 5.74) is -1.83. The van der Waals surface area contributed by atoms with Gasteiger partial charge in [0.1, 0.15) is 0 Å². The summed E-state index contributed by atoms with van der Waals surface area (Å²) in [5.74, 6) is 0. The number of aliphatic hydroxyl groups excluding tert-OH is 1. The minimum atomic E-state index is -1.83. The molecule has 4 heteroatoms. The van der Waals surface area contributed by atoms with Crippen molar-refractivity contribution in [2.24, 2.45) is 4.99 Å². The Morgan fingerprint density at radius 2 is 2.67 bits per heavy atom. The van der Waals surface area contributed by atoms with Crippen molar-refractivity contribution in [3.05, 3.63) is 12.3 Å². The minimum Gasteiger partial charge on any atom is -0.356 e. The zero-order valence-electron chi connectivity index (χ0n) is 4.62. The van der Waals surface area contributed by atoms with Crippen molar-refractivity contribution in [1.29, 1.82) is 0 Å². The van der Waals surface area contributed by atoms with Gasteiger partial charge in [-0.3, -0.25) is 4.99 Å². The van der Waals surface area contributed by atoms with Crippen LogP contribution in [0.25, 0.3) is 0 Å². The Labute approximate surface area is 56.5 Å². The van der Waals surface area contributed by atoms with Crippen molar-refractivity contribution < 1.29 is 9.50 Å². The average molecular weight is 147 g/mol. The molecule has 1 aliphatic rings. The molecule has 0 spiro atoms. The van der Waals surface area contributed by atoms with Crippen LogP contribution in [0.1, 0.15) is 6.42 Å². The van der Waals surface area contributed by atoms with Crippen molar-refractivity contribution in [1.82, 2.24) is 0 Å². The Morgan fingerprint density at radius 3 is 3.11 bits per heavy atom. The van der Waals surface area contributed by atoms with Crippen LogP contribution < -0.4 is 0 Å². The molecular weight excluding hydrogens is 141 g/mol. The third-order valence-corrected chi connectivity index (χ3v) is 1.59. The summed E-state index contributed by atoms with van der Waals surface area (Å²) in [6, 6.07) is 0. The number of rotatable bonds is 1. The number of nitrogens with zero attached hydrogens (tertiary/aromatic N) is 1. The highest BCUT2D eigenvalue weighted by molar-refractivity contribution is 8.14. The molecule has 0 amide bonds. The van der Waals surface area contributed by atoms with Gasteiger partial charge in [0.05, 0.1) is 5.04 Å². The van der Waals surface area contributed by atoms with Crippen LogP contribution in [0.3, 0.4) is 0 Å². The fraction of sp³-hybridized carbons (Fsp3) is 0.400. The van der Waals surface area contributed by atoms with E-state index in [4.69, 9.17) is 5.11 Å². The lowest BCUT2D eigenvalue weighted by atomic mass is 10.5. The van der Waals surface area contributed by atoms with Crippen LogP contribution in [0.15, 0.2) is 17.3 Å². The molecule has 1 aliphatic heterocycles. The summed E-state index contributed by atoms with van der Waals surface area (Å²) >= 11 is 0.738. The molecule has 50 valence electrons. The van der Waals surface area contributed by atoms with Crippen molar-refractivity contribution in [3.63, 3.8) is 0 Å². The summed E-state index contributed by atoms with van der Waals surface area (Å²) < 4.78 is 11.8. The third-order valence-electron chi connectivity index (χ3n) is 0.850. The largest absolute Gasteiger partial charge is 0.356 e. The van der Waals surface area contributed by atoms with Crippen LogP contribution in [-0.2, 0) is 0 Å². The Morgan fingerprint density at radius 1 is 1.89 bits per heavy atom. The molecule has 2 nitrogen and oxygen atoms in total. The zero-order chi connectivity index (χ0) is 6.69. The van der Waals surface area contributed by atoms with Gasteiger partial charge < -0.3 is 5.11 Å². The van der Waals surface area contributed by atoms with E-state index in [0.717, 1.165) is 11.8 Å². The molecular formula is C5H6FNOS. The van der Waals surface area contributed by atoms with E-state index >= 15 is 0 Å². The number of aliphatic hydroxyl groups is 1. The summed E-state index contributed by atoms with van der Waals surface area (Å²) in [7, 11) is 0. The lowest BCUT2D eigenvalue weighted by molar-refractivity contribution is 0.131. The number of hydrogen-bond acceptors (Lipinski definition) is 3. The molecule has 1 N–H and O–H groups in total. The number of hydrogen-bond donors (Lipinski definition) is 1. The molecule has 1 rings (SSSR count). The maximum Gasteiger partial charge on any atom is 0.250 e. The first-order chi connectivity index (χ1) is 4.29. The average Bonchev–Trinajstić information content (AvgIpc) is 2.15. The van der Waals surface area contributed by atoms with Gasteiger partial charge >= 0.3 is 0 Å². The number of halogens is 1. The molecule has 0 saturated carbocycles. The highest BCUT2D eigenvalue weighted by Crippen LogP contribution is 2.17. The first-order valence-corrected chi connectivity index (χ1v) is 3.37. The van der Waals surface area contributed by atoms with E-state index < -0.39 is 5.69 Å². The minimum absolute atomic E-state index is 0.630. The van der Waals surface area contributed by atoms with Crippen LogP contribution in [0, 0.1) is 0 Å². The smallest absolute Gasteiger partial charge is 0.250 e. The molecule has 1 unspecified atom stereocenters. The molecule has 1 heterocycles. The lowest BCUT2D eigenvalue weighted by Crippen LogP contribution is -1.95. The Hall–Kier alpha value is -0.350. The predicted molar refractivity (Wildman–Crippen MR) is 35.9 cm³/mol. The number of thioether (sulfide) groups is 1. The molecule has 9 heavy (non-hydrogen) atoms. The highest BCUT2D eigenvalue weighted by atomic mass is 32.2. The third kappa shape index (κ3) is 2.15. The second-order valence-electron chi connectivity index (χ2n) is 1.52. The second kappa shape index (κ2) is 2.98. The maximum absolute atomic E-state index is 11.8. The number of aliphatic imine (C=N–C) groups is 1. The number of alkyl halides is 1. The molecule has 0 bridgehead atoms. The monoisotopic (exact) mass is 147 g/mol. The summed E-state index contributed by atoms with van der Waals surface area (Å²) in [6.07, 6.45) is 4.06. The molecule has 0 radical (unpaired) electrons. The predicted octanol–water partition coefficient (Wildman–Crippen LogP) is 1.28. The standard InChI is InChI=1S/C5H6FNOS/c6-5(8)9-4-2-1-3-7-4/h1,3,5,8H,2H2. The van der Waals surface area contributed by atoms with Crippen LogP contribution in [0.5, 0.6) is 0 Å². The summed E-state index contributed by atoms with van der Waals surface area (Å²) in [5, 5.41) is 8.83. The zero-order valence-corrected chi connectivity index (χ0v) is 5.44. The quantitative estimate of drug-likeness (QED) is 0.567. The highest BCUT2D eigenvalue weighted by Gasteiger charge is 2.07. The van der Waals surface area contributed by atoms with Gasteiger partial charge in [0.15, 0.2) is 0 Å². The van der Waals surface area contributed by atoms with Gasteiger partial charge in [-0.2, -0.15) is 0 Å². The van der Waals surface area contributed by atoms with Crippen molar-refractivity contribution in [3.8, 4) is 0 Å². The van der Waals surface area contributed by atoms with Crippen LogP contribution >= 0.6 is 11.8 Å². The van der Waals surface area contributed by atoms with E-state index in [0.29, 0.717) is 11.5 Å². The molecule has 0 aromatic heterocycles. The molecule has 0 aromatic rings. The van der Waals surface area contributed by atoms with E-state index in [-0.39, 0.29) is 0 Å². The van der Waals surface area contributed by atoms with Crippen LogP contribution in [0.2, 0.25) is 0 Å². The van der Waals surface area contributed by atoms with Crippen LogP contribution in [-0.4, -0.2) is 15.8 Å². The number of allylic oxidation sites excluding steroid dienone is 1. The summed E-state index contributed by atoms with van der Waals surface area (Å²) in [6.45, 7) is 0. The van der Waals surface area contributed by atoms with Gasteiger partial charge in [0.2, 0.25) is 5.69 Å². The Balaban J connectivity index is 2.30. The SMILES string of the molecule is OC(F)SC1=NC=CC1. The molecule has 0 fully saturated rings. The van der Waals surface area contributed by atoms with Crippen molar-refractivity contribution in [2.45, 2.75) is 12.1 Å². The molecule has 0 saturated heterocycles. The fourth-order valence-corrected chi connectivity index (χ4v) is 1.07. The topological polar surface area (TPSA) is 32.6 Å². The van der Waals surface area contributed by atoms with Crippen LogP contribution in [0.4, 0.5) is 4.39 Å².